The molecule has 0 aliphatic carbocycles. The lowest BCUT2D eigenvalue weighted by Crippen LogP contribution is -2.31. The predicted octanol–water partition coefficient (Wildman–Crippen LogP) is 0.842. The molecule has 1 fully saturated rings. The van der Waals surface area contributed by atoms with Gasteiger partial charge in [0.15, 0.2) is 5.75 Å². The smallest absolute Gasteiger partial charge is 0.311 e. The van der Waals surface area contributed by atoms with E-state index in [9.17, 15) is 14.9 Å². The zero-order valence-corrected chi connectivity index (χ0v) is 11.7. The number of ether oxygens (including phenoxy) is 1. The third-order valence-corrected chi connectivity index (χ3v) is 3.40. The quantitative estimate of drug-likeness (QED) is 0.652. The van der Waals surface area contributed by atoms with Crippen LogP contribution in [0.1, 0.15) is 11.1 Å². The van der Waals surface area contributed by atoms with Gasteiger partial charge in [-0.25, -0.2) is 0 Å². The van der Waals surface area contributed by atoms with Crippen molar-refractivity contribution in [3.05, 3.63) is 33.4 Å². The standard InChI is InChI=1S/C13H17N3O4/c1-8-4-9(5-10-13(17)15(2)7-14-10)6-11(16(18)19)12(8)20-3/h4,6,10,14H,5,7H2,1-3H3/t10-/m0/s1. The van der Waals surface area contributed by atoms with Crippen LogP contribution < -0.4 is 10.1 Å². The number of nitro groups is 1. The molecule has 1 saturated heterocycles. The van der Waals surface area contributed by atoms with Crippen LogP contribution in [0.4, 0.5) is 5.69 Å². The molecule has 7 nitrogen and oxygen atoms in total. The molecule has 7 heteroatoms. The topological polar surface area (TPSA) is 84.7 Å². The number of benzene rings is 1. The van der Waals surface area contributed by atoms with E-state index < -0.39 is 4.92 Å². The van der Waals surface area contributed by atoms with Crippen molar-refractivity contribution in [3.63, 3.8) is 0 Å². The van der Waals surface area contributed by atoms with Gasteiger partial charge in [0.05, 0.1) is 24.7 Å². The van der Waals surface area contributed by atoms with Crippen molar-refractivity contribution < 1.29 is 14.5 Å². The van der Waals surface area contributed by atoms with Gasteiger partial charge in [0, 0.05) is 13.1 Å². The molecule has 0 saturated carbocycles. The lowest BCUT2D eigenvalue weighted by atomic mass is 10.0. The monoisotopic (exact) mass is 279 g/mol. The third kappa shape index (κ3) is 2.57. The number of methoxy groups -OCH3 is 1. The highest BCUT2D eigenvalue weighted by Crippen LogP contribution is 2.32. The van der Waals surface area contributed by atoms with E-state index in [1.165, 1.54) is 13.2 Å². The maximum atomic E-state index is 11.8. The molecular formula is C13H17N3O4. The fourth-order valence-electron chi connectivity index (χ4n) is 2.42. The predicted molar refractivity (Wildman–Crippen MR) is 72.7 cm³/mol. The Morgan fingerprint density at radius 1 is 1.55 bits per heavy atom. The molecule has 2 rings (SSSR count). The normalized spacial score (nSPS) is 18.4. The third-order valence-electron chi connectivity index (χ3n) is 3.40. The van der Waals surface area contributed by atoms with E-state index in [-0.39, 0.29) is 23.4 Å². The Morgan fingerprint density at radius 3 is 2.75 bits per heavy atom. The fraction of sp³-hybridized carbons (Fsp3) is 0.462. The molecule has 1 atom stereocenters. The van der Waals surface area contributed by atoms with Crippen molar-refractivity contribution in [1.29, 1.82) is 0 Å². The van der Waals surface area contributed by atoms with Gasteiger partial charge in [-0.15, -0.1) is 0 Å². The molecule has 1 aromatic rings. The van der Waals surface area contributed by atoms with Crippen LogP contribution in [0.25, 0.3) is 0 Å². The molecule has 0 bridgehead atoms. The SMILES string of the molecule is COc1c(C)cc(C[C@@H]2NCN(C)C2=O)cc1[N+](=O)[O-]. The second-order valence-corrected chi connectivity index (χ2v) is 4.88. The maximum Gasteiger partial charge on any atom is 0.311 e. The van der Waals surface area contributed by atoms with E-state index in [0.29, 0.717) is 18.7 Å². The number of amides is 1. The van der Waals surface area contributed by atoms with Gasteiger partial charge in [-0.1, -0.05) is 6.07 Å². The van der Waals surface area contributed by atoms with E-state index in [4.69, 9.17) is 4.74 Å². The maximum absolute atomic E-state index is 11.8. The Bertz CT molecular complexity index is 559. The summed E-state index contributed by atoms with van der Waals surface area (Å²) in [5, 5.41) is 14.2. The van der Waals surface area contributed by atoms with Gasteiger partial charge in [0.1, 0.15) is 0 Å². The number of hydrogen-bond donors (Lipinski definition) is 1. The minimum atomic E-state index is -0.467. The van der Waals surface area contributed by atoms with E-state index in [0.717, 1.165) is 5.56 Å². The second-order valence-electron chi connectivity index (χ2n) is 4.88. The van der Waals surface area contributed by atoms with Crippen molar-refractivity contribution in [1.82, 2.24) is 10.2 Å². The number of carbonyl (C=O) groups excluding carboxylic acids is 1. The van der Waals surface area contributed by atoms with Crippen LogP contribution in [0.2, 0.25) is 0 Å². The highest BCUT2D eigenvalue weighted by Gasteiger charge is 2.29. The molecule has 20 heavy (non-hydrogen) atoms. The van der Waals surface area contributed by atoms with Crippen molar-refractivity contribution >= 4 is 11.6 Å². The molecule has 1 aromatic carbocycles. The van der Waals surface area contributed by atoms with E-state index in [1.54, 1.807) is 18.9 Å². The number of carbonyl (C=O) groups is 1. The van der Waals surface area contributed by atoms with Crippen molar-refractivity contribution in [2.24, 2.45) is 0 Å². The summed E-state index contributed by atoms with van der Waals surface area (Å²) in [5.41, 5.74) is 1.37. The lowest BCUT2D eigenvalue weighted by molar-refractivity contribution is -0.385. The van der Waals surface area contributed by atoms with E-state index >= 15 is 0 Å². The number of aryl methyl sites for hydroxylation is 1. The average Bonchev–Trinajstić information content (AvgIpc) is 2.70. The minimum absolute atomic E-state index is 0.00104. The first-order valence-electron chi connectivity index (χ1n) is 6.24. The minimum Gasteiger partial charge on any atom is -0.490 e. The molecule has 1 aliphatic rings. The molecule has 1 N–H and O–H groups in total. The fourth-order valence-corrected chi connectivity index (χ4v) is 2.42. The van der Waals surface area contributed by atoms with Gasteiger partial charge in [0.2, 0.25) is 5.91 Å². The molecule has 108 valence electrons. The Balaban J connectivity index is 2.29. The van der Waals surface area contributed by atoms with Crippen LogP contribution >= 0.6 is 0 Å². The summed E-state index contributed by atoms with van der Waals surface area (Å²) < 4.78 is 5.07. The van der Waals surface area contributed by atoms with Gasteiger partial charge in [-0.3, -0.25) is 20.2 Å². The summed E-state index contributed by atoms with van der Waals surface area (Å²) in [6, 6.07) is 2.96. The van der Waals surface area contributed by atoms with Gasteiger partial charge in [0.25, 0.3) is 0 Å². The molecule has 1 amide bonds. The van der Waals surface area contributed by atoms with Gasteiger partial charge in [-0.05, 0) is 24.5 Å². The van der Waals surface area contributed by atoms with E-state index in [2.05, 4.69) is 5.32 Å². The van der Waals surface area contributed by atoms with Crippen LogP contribution in [0.3, 0.4) is 0 Å². The van der Waals surface area contributed by atoms with Crippen LogP contribution in [-0.2, 0) is 11.2 Å². The first-order valence-corrected chi connectivity index (χ1v) is 6.24. The number of nitro benzene ring substituents is 1. The summed E-state index contributed by atoms with van der Waals surface area (Å²) in [6.07, 6.45) is 0.425. The van der Waals surface area contributed by atoms with Crippen LogP contribution in [-0.4, -0.2) is 42.6 Å². The highest BCUT2D eigenvalue weighted by atomic mass is 16.6. The molecular weight excluding hydrogens is 262 g/mol. The highest BCUT2D eigenvalue weighted by molar-refractivity contribution is 5.83. The Labute approximate surface area is 116 Å². The molecule has 0 spiro atoms. The molecule has 1 aliphatic heterocycles. The first-order chi connectivity index (χ1) is 9.43. The van der Waals surface area contributed by atoms with Crippen LogP contribution in [0.15, 0.2) is 12.1 Å². The Morgan fingerprint density at radius 2 is 2.25 bits per heavy atom. The summed E-state index contributed by atoms with van der Waals surface area (Å²) in [6.45, 7) is 2.26. The second kappa shape index (κ2) is 5.46. The molecule has 0 aromatic heterocycles. The summed E-state index contributed by atoms with van der Waals surface area (Å²) >= 11 is 0. The Kier molecular flexibility index (Phi) is 3.89. The lowest BCUT2D eigenvalue weighted by Gasteiger charge is -2.12. The van der Waals surface area contributed by atoms with Crippen molar-refractivity contribution in [2.45, 2.75) is 19.4 Å². The number of nitrogens with one attached hydrogen (secondary N) is 1. The van der Waals surface area contributed by atoms with E-state index in [1.807, 2.05) is 6.07 Å². The summed E-state index contributed by atoms with van der Waals surface area (Å²) in [4.78, 5) is 24.0. The number of hydrogen-bond acceptors (Lipinski definition) is 5. The zero-order chi connectivity index (χ0) is 14.9. The summed E-state index contributed by atoms with van der Waals surface area (Å²) in [7, 11) is 3.13. The Hall–Kier alpha value is -2.15. The largest absolute Gasteiger partial charge is 0.490 e. The van der Waals surface area contributed by atoms with Crippen LogP contribution in [0.5, 0.6) is 5.75 Å². The number of rotatable bonds is 4. The van der Waals surface area contributed by atoms with Crippen molar-refractivity contribution in [3.8, 4) is 5.75 Å². The zero-order valence-electron chi connectivity index (χ0n) is 11.7. The van der Waals surface area contributed by atoms with Crippen LogP contribution in [0, 0.1) is 17.0 Å². The van der Waals surface area contributed by atoms with Gasteiger partial charge in [-0.2, -0.15) is 0 Å². The molecule has 1 heterocycles. The number of likely N-dealkylation sites (N-methyl/N-ethyl adjacent to an activating group) is 1. The average molecular weight is 279 g/mol. The number of nitrogens with zero attached hydrogens (tertiary/aromatic N) is 2. The molecule has 0 unspecified atom stereocenters. The van der Waals surface area contributed by atoms with Gasteiger partial charge >= 0.3 is 5.69 Å². The molecule has 0 radical (unpaired) electrons. The van der Waals surface area contributed by atoms with Gasteiger partial charge < -0.3 is 9.64 Å². The van der Waals surface area contributed by atoms with Crippen molar-refractivity contribution in [2.75, 3.05) is 20.8 Å². The summed E-state index contributed by atoms with van der Waals surface area (Å²) in [5.74, 6) is 0.266. The first kappa shape index (κ1) is 14.3.